The molecule has 0 saturated carbocycles. The highest BCUT2D eigenvalue weighted by molar-refractivity contribution is 5.99. The van der Waals surface area contributed by atoms with Crippen LogP contribution in [0.3, 0.4) is 0 Å². The quantitative estimate of drug-likeness (QED) is 0.704. The monoisotopic (exact) mass is 179 g/mol. The van der Waals surface area contributed by atoms with E-state index < -0.39 is 0 Å². The molecule has 0 bridgehead atoms. The minimum absolute atomic E-state index is 0.146. The molecule has 2 atom stereocenters. The maximum Gasteiger partial charge on any atom is 0.164 e. The van der Waals surface area contributed by atoms with Gasteiger partial charge in [-0.15, -0.1) is 0 Å². The number of carbonyl (C=O) groups excluding carboxylic acids is 1. The molecular weight excluding hydrogens is 162 g/mol. The maximum atomic E-state index is 11.4. The summed E-state index contributed by atoms with van der Waals surface area (Å²) in [5.74, 6) is 0.999. The summed E-state index contributed by atoms with van der Waals surface area (Å²) in [5, 5.41) is 0. The summed E-state index contributed by atoms with van der Waals surface area (Å²) in [7, 11) is 0. The van der Waals surface area contributed by atoms with Crippen molar-refractivity contribution < 1.29 is 4.79 Å². The van der Waals surface area contributed by atoms with Crippen molar-refractivity contribution in [3.8, 4) is 0 Å². The SMILES string of the molecule is CCC(=O)C1=CC(C)C(C)C=C1N. The van der Waals surface area contributed by atoms with Gasteiger partial charge in [0, 0.05) is 17.7 Å². The fourth-order valence-electron chi connectivity index (χ4n) is 1.48. The number of ketones is 1. The van der Waals surface area contributed by atoms with Crippen LogP contribution in [-0.2, 0) is 4.79 Å². The Kier molecular flexibility index (Phi) is 2.91. The van der Waals surface area contributed by atoms with E-state index in [9.17, 15) is 4.79 Å². The zero-order chi connectivity index (χ0) is 10.0. The minimum atomic E-state index is 0.146. The molecule has 0 heterocycles. The fraction of sp³-hybridized carbons (Fsp3) is 0.545. The first kappa shape index (κ1) is 10.0. The van der Waals surface area contributed by atoms with Gasteiger partial charge in [0.05, 0.1) is 0 Å². The van der Waals surface area contributed by atoms with Crippen LogP contribution in [0.5, 0.6) is 0 Å². The lowest BCUT2D eigenvalue weighted by molar-refractivity contribution is -0.115. The fourth-order valence-corrected chi connectivity index (χ4v) is 1.48. The van der Waals surface area contributed by atoms with E-state index in [0.717, 1.165) is 0 Å². The summed E-state index contributed by atoms with van der Waals surface area (Å²) in [6.07, 6.45) is 4.50. The molecule has 1 aliphatic rings. The van der Waals surface area contributed by atoms with E-state index in [1.807, 2.05) is 19.1 Å². The van der Waals surface area contributed by atoms with Gasteiger partial charge in [-0.05, 0) is 11.8 Å². The Hall–Kier alpha value is -1.05. The van der Waals surface area contributed by atoms with Crippen LogP contribution >= 0.6 is 0 Å². The summed E-state index contributed by atoms with van der Waals surface area (Å²) >= 11 is 0. The van der Waals surface area contributed by atoms with Crippen molar-refractivity contribution in [1.82, 2.24) is 0 Å². The Morgan fingerprint density at radius 2 is 1.92 bits per heavy atom. The molecule has 0 radical (unpaired) electrons. The standard InChI is InChI=1S/C11H17NO/c1-4-11(13)9-5-7(2)8(3)6-10(9)12/h5-8H,4,12H2,1-3H3. The number of Topliss-reactive ketones (excluding diaryl/α,β-unsaturated/α-hetero) is 1. The zero-order valence-electron chi connectivity index (χ0n) is 8.50. The van der Waals surface area contributed by atoms with Crippen LogP contribution in [0.2, 0.25) is 0 Å². The molecule has 0 aromatic rings. The summed E-state index contributed by atoms with van der Waals surface area (Å²) in [5.41, 5.74) is 7.15. The molecule has 0 aliphatic heterocycles. The van der Waals surface area contributed by atoms with Gasteiger partial charge in [0.15, 0.2) is 5.78 Å². The summed E-state index contributed by atoms with van der Waals surface area (Å²) in [6.45, 7) is 6.08. The first-order valence-corrected chi connectivity index (χ1v) is 4.79. The average molecular weight is 179 g/mol. The highest BCUT2D eigenvalue weighted by atomic mass is 16.1. The lowest BCUT2D eigenvalue weighted by atomic mass is 9.85. The molecule has 0 amide bonds. The number of nitrogens with two attached hydrogens (primary N) is 1. The summed E-state index contributed by atoms with van der Waals surface area (Å²) in [6, 6.07) is 0. The number of hydrogen-bond acceptors (Lipinski definition) is 2. The second-order valence-corrected chi connectivity index (χ2v) is 3.70. The Labute approximate surface area is 79.5 Å². The van der Waals surface area contributed by atoms with Crippen LogP contribution in [0.25, 0.3) is 0 Å². The molecular formula is C11H17NO. The highest BCUT2D eigenvalue weighted by Gasteiger charge is 2.19. The largest absolute Gasteiger partial charge is 0.398 e. The van der Waals surface area contributed by atoms with Crippen molar-refractivity contribution in [1.29, 1.82) is 0 Å². The second-order valence-electron chi connectivity index (χ2n) is 3.70. The van der Waals surface area contributed by atoms with E-state index in [0.29, 0.717) is 29.5 Å². The topological polar surface area (TPSA) is 43.1 Å². The van der Waals surface area contributed by atoms with Crippen LogP contribution in [0, 0.1) is 11.8 Å². The smallest absolute Gasteiger partial charge is 0.164 e. The third-order valence-electron chi connectivity index (χ3n) is 2.63. The summed E-state index contributed by atoms with van der Waals surface area (Å²) < 4.78 is 0. The second kappa shape index (κ2) is 3.77. The lowest BCUT2D eigenvalue weighted by Gasteiger charge is -2.21. The van der Waals surface area contributed by atoms with E-state index in [2.05, 4.69) is 13.8 Å². The normalized spacial score (nSPS) is 27.9. The van der Waals surface area contributed by atoms with Crippen molar-refractivity contribution in [3.05, 3.63) is 23.4 Å². The van der Waals surface area contributed by atoms with Gasteiger partial charge in [0.25, 0.3) is 0 Å². The van der Waals surface area contributed by atoms with Gasteiger partial charge in [0.1, 0.15) is 0 Å². The van der Waals surface area contributed by atoms with Crippen LogP contribution in [-0.4, -0.2) is 5.78 Å². The van der Waals surface area contributed by atoms with Gasteiger partial charge in [-0.25, -0.2) is 0 Å². The van der Waals surface area contributed by atoms with E-state index in [1.54, 1.807) is 0 Å². The van der Waals surface area contributed by atoms with Crippen molar-refractivity contribution >= 4 is 5.78 Å². The molecule has 1 rings (SSSR count). The van der Waals surface area contributed by atoms with Crippen molar-refractivity contribution in [2.24, 2.45) is 17.6 Å². The van der Waals surface area contributed by atoms with Crippen molar-refractivity contribution in [2.75, 3.05) is 0 Å². The predicted octanol–water partition coefficient (Wildman–Crippen LogP) is 2.02. The molecule has 0 saturated heterocycles. The van der Waals surface area contributed by atoms with E-state index in [4.69, 9.17) is 5.73 Å². The van der Waals surface area contributed by atoms with Crippen LogP contribution in [0.1, 0.15) is 27.2 Å². The van der Waals surface area contributed by atoms with Gasteiger partial charge in [0.2, 0.25) is 0 Å². The molecule has 2 N–H and O–H groups in total. The minimum Gasteiger partial charge on any atom is -0.398 e. The van der Waals surface area contributed by atoms with E-state index in [-0.39, 0.29) is 5.78 Å². The maximum absolute atomic E-state index is 11.4. The van der Waals surface area contributed by atoms with Gasteiger partial charge in [-0.3, -0.25) is 4.79 Å². The first-order valence-electron chi connectivity index (χ1n) is 4.79. The van der Waals surface area contributed by atoms with E-state index >= 15 is 0 Å². The first-order chi connectivity index (χ1) is 6.06. The number of rotatable bonds is 2. The van der Waals surface area contributed by atoms with Gasteiger partial charge in [-0.1, -0.05) is 32.9 Å². The Bertz CT molecular complexity index is 276. The Morgan fingerprint density at radius 1 is 1.38 bits per heavy atom. The zero-order valence-corrected chi connectivity index (χ0v) is 8.50. The molecule has 13 heavy (non-hydrogen) atoms. The molecule has 0 aromatic heterocycles. The molecule has 0 spiro atoms. The lowest BCUT2D eigenvalue weighted by Crippen LogP contribution is -2.19. The molecule has 2 heteroatoms. The Balaban J connectivity index is 2.92. The molecule has 72 valence electrons. The molecule has 0 aromatic carbocycles. The molecule has 1 aliphatic carbocycles. The number of carbonyl (C=O) groups is 1. The number of hydrogen-bond donors (Lipinski definition) is 1. The predicted molar refractivity (Wildman–Crippen MR) is 54.0 cm³/mol. The van der Waals surface area contributed by atoms with Gasteiger partial charge < -0.3 is 5.73 Å². The average Bonchev–Trinajstić information content (AvgIpc) is 2.10. The van der Waals surface area contributed by atoms with Crippen LogP contribution in [0.15, 0.2) is 23.4 Å². The molecule has 0 fully saturated rings. The third kappa shape index (κ3) is 2.00. The van der Waals surface area contributed by atoms with Crippen LogP contribution in [0.4, 0.5) is 0 Å². The highest BCUT2D eigenvalue weighted by Crippen LogP contribution is 2.25. The molecule has 2 nitrogen and oxygen atoms in total. The number of allylic oxidation sites excluding steroid dienone is 3. The third-order valence-corrected chi connectivity index (χ3v) is 2.63. The van der Waals surface area contributed by atoms with E-state index in [1.165, 1.54) is 0 Å². The van der Waals surface area contributed by atoms with Gasteiger partial charge >= 0.3 is 0 Å². The van der Waals surface area contributed by atoms with Crippen molar-refractivity contribution in [2.45, 2.75) is 27.2 Å². The van der Waals surface area contributed by atoms with Gasteiger partial charge in [-0.2, -0.15) is 0 Å². The van der Waals surface area contributed by atoms with Crippen molar-refractivity contribution in [3.63, 3.8) is 0 Å². The van der Waals surface area contributed by atoms with Crippen LogP contribution < -0.4 is 5.73 Å². The Morgan fingerprint density at radius 3 is 2.46 bits per heavy atom. The summed E-state index contributed by atoms with van der Waals surface area (Å²) in [4.78, 5) is 11.4. The molecule has 2 unspecified atom stereocenters.